The van der Waals surface area contributed by atoms with E-state index in [0.717, 1.165) is 54.7 Å². The van der Waals surface area contributed by atoms with Gasteiger partial charge in [0.25, 0.3) is 0 Å². The molecule has 0 saturated carbocycles. The Hall–Kier alpha value is -2.69. The molecule has 2 heterocycles. The van der Waals surface area contributed by atoms with Crippen LogP contribution >= 0.6 is 0 Å². The molecule has 3 aromatic rings. The summed E-state index contributed by atoms with van der Waals surface area (Å²) in [6, 6.07) is 18.3. The molecule has 2 aromatic carbocycles. The first-order valence-corrected chi connectivity index (χ1v) is 12.2. The maximum Gasteiger partial charge on any atom is 0.119 e. The number of pyridine rings is 1. The van der Waals surface area contributed by atoms with Crippen LogP contribution in [0.3, 0.4) is 0 Å². The van der Waals surface area contributed by atoms with Gasteiger partial charge in [-0.2, -0.15) is 0 Å². The van der Waals surface area contributed by atoms with E-state index in [1.807, 2.05) is 24.3 Å². The number of aliphatic hydroxyl groups is 1. The number of aromatic nitrogens is 1. The summed E-state index contributed by atoms with van der Waals surface area (Å²) in [5.74, 6) is 2.15. The number of aliphatic hydroxyl groups excluding tert-OH is 1. The number of fused-ring (bicyclic) bond motifs is 1. The third-order valence-corrected chi connectivity index (χ3v) is 7.13. The van der Waals surface area contributed by atoms with Gasteiger partial charge in [-0.1, -0.05) is 55.8 Å². The van der Waals surface area contributed by atoms with Crippen molar-refractivity contribution >= 4 is 17.0 Å². The van der Waals surface area contributed by atoms with Gasteiger partial charge in [-0.05, 0) is 73.0 Å². The van der Waals surface area contributed by atoms with Crippen LogP contribution in [0, 0.1) is 11.8 Å². The minimum absolute atomic E-state index is 0.480. The molecule has 1 N–H and O–H groups in total. The van der Waals surface area contributed by atoms with Crippen LogP contribution in [0.4, 0.5) is 0 Å². The van der Waals surface area contributed by atoms with Crippen molar-refractivity contribution in [2.45, 2.75) is 38.7 Å². The maximum absolute atomic E-state index is 11.1. The summed E-state index contributed by atoms with van der Waals surface area (Å²) in [4.78, 5) is 7.02. The highest BCUT2D eigenvalue weighted by molar-refractivity contribution is 5.83. The van der Waals surface area contributed by atoms with Crippen LogP contribution in [-0.4, -0.2) is 41.7 Å². The van der Waals surface area contributed by atoms with Gasteiger partial charge in [0.1, 0.15) is 5.75 Å². The zero-order valence-corrected chi connectivity index (χ0v) is 19.9. The Morgan fingerprint density at radius 2 is 2.00 bits per heavy atom. The quantitative estimate of drug-likeness (QED) is 0.432. The maximum atomic E-state index is 11.1. The molecule has 0 aliphatic carbocycles. The fourth-order valence-corrected chi connectivity index (χ4v) is 5.16. The molecule has 0 spiro atoms. The summed E-state index contributed by atoms with van der Waals surface area (Å²) < 4.78 is 5.39. The van der Waals surface area contributed by atoms with Gasteiger partial charge < -0.3 is 9.84 Å². The zero-order chi connectivity index (χ0) is 23.0. The number of nitrogens with zero attached hydrogens (tertiary/aromatic N) is 2. The number of rotatable bonds is 9. The summed E-state index contributed by atoms with van der Waals surface area (Å²) in [6.07, 6.45) is 10.1. The lowest BCUT2D eigenvalue weighted by molar-refractivity contribution is 0.0981. The van der Waals surface area contributed by atoms with Crippen molar-refractivity contribution in [1.82, 2.24) is 9.88 Å². The molecular formula is C29H36N2O2. The van der Waals surface area contributed by atoms with E-state index in [0.29, 0.717) is 11.8 Å². The molecule has 1 aliphatic heterocycles. The number of hydrogen-bond acceptors (Lipinski definition) is 4. The van der Waals surface area contributed by atoms with E-state index in [1.165, 1.54) is 18.4 Å². The average Bonchev–Trinajstić information content (AvgIpc) is 2.87. The monoisotopic (exact) mass is 444 g/mol. The van der Waals surface area contributed by atoms with Crippen molar-refractivity contribution in [3.63, 3.8) is 0 Å². The van der Waals surface area contributed by atoms with Crippen LogP contribution in [0.1, 0.15) is 49.8 Å². The fraction of sp³-hybridized carbons (Fsp3) is 0.414. The minimum atomic E-state index is -0.480. The van der Waals surface area contributed by atoms with Crippen LogP contribution in [0.25, 0.3) is 17.0 Å². The van der Waals surface area contributed by atoms with Crippen molar-refractivity contribution in [3.8, 4) is 5.75 Å². The first-order chi connectivity index (χ1) is 16.2. The van der Waals surface area contributed by atoms with Gasteiger partial charge in [0.05, 0.1) is 18.7 Å². The largest absolute Gasteiger partial charge is 0.497 e. The Balaban J connectivity index is 1.33. The second kappa shape index (κ2) is 11.4. The fourth-order valence-electron chi connectivity index (χ4n) is 5.16. The van der Waals surface area contributed by atoms with E-state index in [-0.39, 0.29) is 0 Å². The molecule has 4 rings (SSSR count). The summed E-state index contributed by atoms with van der Waals surface area (Å²) >= 11 is 0. The van der Waals surface area contributed by atoms with E-state index in [9.17, 15) is 5.11 Å². The van der Waals surface area contributed by atoms with Crippen molar-refractivity contribution in [2.75, 3.05) is 26.7 Å². The van der Waals surface area contributed by atoms with Crippen LogP contribution in [0.15, 0.2) is 66.9 Å². The zero-order valence-electron chi connectivity index (χ0n) is 19.9. The normalized spacial score (nSPS) is 20.3. The Kier molecular flexibility index (Phi) is 8.14. The van der Waals surface area contributed by atoms with E-state index in [4.69, 9.17) is 4.74 Å². The molecule has 0 amide bonds. The summed E-state index contributed by atoms with van der Waals surface area (Å²) in [5.41, 5.74) is 3.11. The lowest BCUT2D eigenvalue weighted by atomic mass is 9.80. The first kappa shape index (κ1) is 23.5. The van der Waals surface area contributed by atoms with Gasteiger partial charge in [0.15, 0.2) is 0 Å². The smallest absolute Gasteiger partial charge is 0.119 e. The Morgan fingerprint density at radius 1 is 1.15 bits per heavy atom. The highest BCUT2D eigenvalue weighted by atomic mass is 16.5. The lowest BCUT2D eigenvalue weighted by Gasteiger charge is -2.38. The van der Waals surface area contributed by atoms with Crippen LogP contribution < -0.4 is 4.74 Å². The summed E-state index contributed by atoms with van der Waals surface area (Å²) in [6.45, 7) is 5.59. The highest BCUT2D eigenvalue weighted by Crippen LogP contribution is 2.34. The summed E-state index contributed by atoms with van der Waals surface area (Å²) in [7, 11) is 1.67. The van der Waals surface area contributed by atoms with Crippen molar-refractivity contribution < 1.29 is 9.84 Å². The van der Waals surface area contributed by atoms with E-state index < -0.39 is 6.10 Å². The molecule has 174 valence electrons. The Labute approximate surface area is 197 Å². The predicted molar refractivity (Wildman–Crippen MR) is 136 cm³/mol. The molecule has 1 saturated heterocycles. The second-order valence-corrected chi connectivity index (χ2v) is 9.17. The molecule has 4 nitrogen and oxygen atoms in total. The van der Waals surface area contributed by atoms with Crippen molar-refractivity contribution in [1.29, 1.82) is 0 Å². The summed E-state index contributed by atoms with van der Waals surface area (Å²) in [5, 5.41) is 12.0. The first-order valence-electron chi connectivity index (χ1n) is 12.2. The van der Waals surface area contributed by atoms with Crippen molar-refractivity contribution in [2.24, 2.45) is 11.8 Å². The van der Waals surface area contributed by atoms with E-state index in [2.05, 4.69) is 59.3 Å². The molecule has 1 fully saturated rings. The number of likely N-dealkylation sites (tertiary alicyclic amines) is 1. The molecule has 1 aromatic heterocycles. The Morgan fingerprint density at radius 3 is 2.79 bits per heavy atom. The van der Waals surface area contributed by atoms with Gasteiger partial charge in [-0.3, -0.25) is 9.88 Å². The van der Waals surface area contributed by atoms with E-state index >= 15 is 0 Å². The second-order valence-electron chi connectivity index (χ2n) is 9.17. The van der Waals surface area contributed by atoms with Crippen LogP contribution in [-0.2, 0) is 0 Å². The number of methoxy groups -OCH3 is 1. The number of benzene rings is 2. The molecular weight excluding hydrogens is 408 g/mol. The van der Waals surface area contributed by atoms with Gasteiger partial charge in [-0.15, -0.1) is 0 Å². The van der Waals surface area contributed by atoms with Gasteiger partial charge in [0, 0.05) is 24.7 Å². The number of piperidine rings is 1. The standard InChI is InChI=1S/C29H36N2O2/c1-3-23-21-31(18-7-10-22-8-5-4-6-9-22)19-16-24(23)11-14-29(32)26-15-17-30-28-13-12-25(33-2)20-27(26)28/h4-10,12-13,15,17,20,23-24,29,32H,3,11,14,16,18-19,21H2,1-2H3/t23-,24+,29+/m0/s1. The molecule has 0 radical (unpaired) electrons. The third-order valence-electron chi connectivity index (χ3n) is 7.13. The molecule has 1 aliphatic rings. The molecule has 3 atom stereocenters. The average molecular weight is 445 g/mol. The van der Waals surface area contributed by atoms with E-state index in [1.54, 1.807) is 13.3 Å². The molecule has 0 bridgehead atoms. The van der Waals surface area contributed by atoms with Gasteiger partial charge in [0.2, 0.25) is 0 Å². The molecule has 33 heavy (non-hydrogen) atoms. The lowest BCUT2D eigenvalue weighted by Crippen LogP contribution is -2.40. The minimum Gasteiger partial charge on any atom is -0.497 e. The van der Waals surface area contributed by atoms with Gasteiger partial charge in [-0.25, -0.2) is 0 Å². The number of ether oxygens (including phenoxy) is 1. The number of hydrogen-bond donors (Lipinski definition) is 1. The predicted octanol–water partition coefficient (Wildman–Crippen LogP) is 6.12. The van der Waals surface area contributed by atoms with Crippen LogP contribution in [0.5, 0.6) is 5.75 Å². The third kappa shape index (κ3) is 6.01. The van der Waals surface area contributed by atoms with Crippen LogP contribution in [0.2, 0.25) is 0 Å². The molecule has 4 heteroatoms. The SMILES string of the molecule is CC[C@H]1CN(CC=Cc2ccccc2)CC[C@H]1CC[C@@H](O)c1ccnc2ccc(OC)cc12. The van der Waals surface area contributed by atoms with Gasteiger partial charge >= 0.3 is 0 Å². The van der Waals surface area contributed by atoms with Crippen molar-refractivity contribution in [3.05, 3.63) is 78.0 Å². The highest BCUT2D eigenvalue weighted by Gasteiger charge is 2.28. The molecule has 0 unspecified atom stereocenters. The topological polar surface area (TPSA) is 45.6 Å². The Bertz CT molecular complexity index is 1050.